The van der Waals surface area contributed by atoms with Gasteiger partial charge in [0.1, 0.15) is 0 Å². The molecule has 1 atom stereocenters. The van der Waals surface area contributed by atoms with Crippen molar-refractivity contribution < 1.29 is 4.79 Å². The largest absolute Gasteiger partial charge is 0.337 e. The van der Waals surface area contributed by atoms with Crippen LogP contribution in [-0.2, 0) is 18.3 Å². The predicted molar refractivity (Wildman–Crippen MR) is 75.0 cm³/mol. The highest BCUT2D eigenvalue weighted by Gasteiger charge is 2.23. The van der Waals surface area contributed by atoms with Crippen molar-refractivity contribution in [3.8, 4) is 0 Å². The van der Waals surface area contributed by atoms with Crippen molar-refractivity contribution >= 4 is 5.91 Å². The summed E-state index contributed by atoms with van der Waals surface area (Å²) in [7, 11) is 1.95. The first-order chi connectivity index (χ1) is 9.00. The summed E-state index contributed by atoms with van der Waals surface area (Å²) in [5.41, 5.74) is 3.43. The first-order valence-electron chi connectivity index (χ1n) is 7.00. The number of aromatic nitrogens is 2. The summed E-state index contributed by atoms with van der Waals surface area (Å²) in [5.74, 6) is 0.261. The quantitative estimate of drug-likeness (QED) is 0.878. The highest BCUT2D eigenvalue weighted by atomic mass is 16.2. The van der Waals surface area contributed by atoms with E-state index >= 15 is 0 Å². The molecule has 19 heavy (non-hydrogen) atoms. The van der Waals surface area contributed by atoms with Crippen molar-refractivity contribution in [2.24, 2.45) is 7.05 Å². The van der Waals surface area contributed by atoms with E-state index < -0.39 is 0 Å². The Morgan fingerprint density at radius 2 is 2.21 bits per heavy atom. The molecule has 0 aromatic carbocycles. The van der Waals surface area contributed by atoms with Gasteiger partial charge in [-0.2, -0.15) is 5.10 Å². The topological polar surface area (TPSA) is 50.2 Å². The van der Waals surface area contributed by atoms with E-state index in [0.717, 1.165) is 31.7 Å². The number of carbonyl (C=O) groups excluding carboxylic acids is 1. The molecule has 2 rings (SSSR count). The van der Waals surface area contributed by atoms with Gasteiger partial charge in [0, 0.05) is 44.8 Å². The molecule has 1 aliphatic heterocycles. The summed E-state index contributed by atoms with van der Waals surface area (Å²) in [6, 6.07) is 0.303. The fourth-order valence-corrected chi connectivity index (χ4v) is 2.77. The minimum Gasteiger partial charge on any atom is -0.337 e. The van der Waals surface area contributed by atoms with Crippen LogP contribution in [0, 0.1) is 13.8 Å². The second-order valence-electron chi connectivity index (χ2n) is 5.41. The molecule has 0 radical (unpaired) electrons. The second-order valence-corrected chi connectivity index (χ2v) is 5.41. The molecule has 0 saturated carbocycles. The van der Waals surface area contributed by atoms with Crippen LogP contribution in [-0.4, -0.2) is 46.3 Å². The molecule has 0 aliphatic carbocycles. The summed E-state index contributed by atoms with van der Waals surface area (Å²) in [5, 5.41) is 7.71. The number of hydrogen-bond acceptors (Lipinski definition) is 3. The van der Waals surface area contributed by atoms with Crippen LogP contribution in [0.3, 0.4) is 0 Å². The Hall–Kier alpha value is -1.36. The number of piperazine rings is 1. The molecule has 1 aromatic rings. The fraction of sp³-hybridized carbons (Fsp3) is 0.714. The molecule has 1 amide bonds. The highest BCUT2D eigenvalue weighted by molar-refractivity contribution is 5.77. The van der Waals surface area contributed by atoms with Gasteiger partial charge in [-0.3, -0.25) is 9.48 Å². The van der Waals surface area contributed by atoms with Crippen LogP contribution in [0.15, 0.2) is 0 Å². The molecule has 5 nitrogen and oxygen atoms in total. The van der Waals surface area contributed by atoms with Crippen molar-refractivity contribution in [2.75, 3.05) is 19.6 Å². The zero-order valence-electron chi connectivity index (χ0n) is 12.4. The maximum absolute atomic E-state index is 12.3. The van der Waals surface area contributed by atoms with E-state index in [1.165, 1.54) is 11.3 Å². The number of rotatable bonds is 3. The lowest BCUT2D eigenvalue weighted by molar-refractivity contribution is -0.133. The molecule has 1 aromatic heterocycles. The van der Waals surface area contributed by atoms with Gasteiger partial charge in [0.05, 0.1) is 5.69 Å². The van der Waals surface area contributed by atoms with E-state index in [1.807, 2.05) is 23.6 Å². The monoisotopic (exact) mass is 264 g/mol. The molecule has 1 aliphatic rings. The number of carbonyl (C=O) groups is 1. The zero-order chi connectivity index (χ0) is 14.0. The molecular formula is C14H24N4O. The highest BCUT2D eigenvalue weighted by Crippen LogP contribution is 2.15. The van der Waals surface area contributed by atoms with E-state index in [1.54, 1.807) is 0 Å². The third-order valence-corrected chi connectivity index (χ3v) is 4.07. The zero-order valence-corrected chi connectivity index (χ0v) is 12.4. The average molecular weight is 264 g/mol. The molecule has 0 unspecified atom stereocenters. The van der Waals surface area contributed by atoms with Crippen LogP contribution < -0.4 is 5.32 Å². The number of nitrogens with zero attached hydrogens (tertiary/aromatic N) is 3. The van der Waals surface area contributed by atoms with Gasteiger partial charge in [0.2, 0.25) is 5.91 Å². The van der Waals surface area contributed by atoms with Gasteiger partial charge >= 0.3 is 0 Å². The van der Waals surface area contributed by atoms with Crippen LogP contribution in [0.4, 0.5) is 0 Å². The molecule has 1 saturated heterocycles. The van der Waals surface area contributed by atoms with Crippen LogP contribution >= 0.6 is 0 Å². The molecule has 0 bridgehead atoms. The fourth-order valence-electron chi connectivity index (χ4n) is 2.77. The average Bonchev–Trinajstić information content (AvgIpc) is 2.61. The van der Waals surface area contributed by atoms with Gasteiger partial charge < -0.3 is 10.2 Å². The predicted octanol–water partition coefficient (Wildman–Crippen LogP) is 0.790. The van der Waals surface area contributed by atoms with Crippen molar-refractivity contribution in [3.05, 3.63) is 17.0 Å². The van der Waals surface area contributed by atoms with Gasteiger partial charge in [-0.1, -0.05) is 0 Å². The summed E-state index contributed by atoms with van der Waals surface area (Å²) >= 11 is 0. The van der Waals surface area contributed by atoms with Gasteiger partial charge in [0.15, 0.2) is 0 Å². The minimum absolute atomic E-state index is 0.261. The standard InChI is InChI=1S/C14H24N4O/c1-10-9-15-7-8-18(10)14(19)6-5-13-11(2)16-17(4)12(13)3/h10,15H,5-9H2,1-4H3/t10-/m0/s1. The Kier molecular flexibility index (Phi) is 4.24. The molecule has 1 fully saturated rings. The van der Waals surface area contributed by atoms with Crippen molar-refractivity contribution in [3.63, 3.8) is 0 Å². The van der Waals surface area contributed by atoms with Crippen molar-refractivity contribution in [1.29, 1.82) is 0 Å². The number of aryl methyl sites for hydroxylation is 2. The number of hydrogen-bond donors (Lipinski definition) is 1. The number of nitrogens with one attached hydrogen (secondary N) is 1. The molecule has 2 heterocycles. The van der Waals surface area contributed by atoms with E-state index in [0.29, 0.717) is 12.5 Å². The Bertz CT molecular complexity index is 466. The first-order valence-corrected chi connectivity index (χ1v) is 7.00. The smallest absolute Gasteiger partial charge is 0.223 e. The SMILES string of the molecule is Cc1nn(C)c(C)c1CCC(=O)N1CCNC[C@@H]1C. The minimum atomic E-state index is 0.261. The lowest BCUT2D eigenvalue weighted by Crippen LogP contribution is -2.52. The Morgan fingerprint density at radius 1 is 1.47 bits per heavy atom. The van der Waals surface area contributed by atoms with Gasteiger partial charge in [-0.15, -0.1) is 0 Å². The summed E-state index contributed by atoms with van der Waals surface area (Å²) < 4.78 is 1.89. The normalized spacial score (nSPS) is 19.8. The van der Waals surface area contributed by atoms with E-state index in [4.69, 9.17) is 0 Å². The van der Waals surface area contributed by atoms with Crippen molar-refractivity contribution in [2.45, 2.75) is 39.7 Å². The van der Waals surface area contributed by atoms with E-state index in [-0.39, 0.29) is 5.91 Å². The molecule has 0 spiro atoms. The molecular weight excluding hydrogens is 240 g/mol. The maximum atomic E-state index is 12.3. The molecule has 1 N–H and O–H groups in total. The van der Waals surface area contributed by atoms with Gasteiger partial charge in [-0.05, 0) is 32.8 Å². The maximum Gasteiger partial charge on any atom is 0.223 e. The third-order valence-electron chi connectivity index (χ3n) is 4.07. The van der Waals surface area contributed by atoms with Crippen LogP contribution in [0.5, 0.6) is 0 Å². The summed E-state index contributed by atoms with van der Waals surface area (Å²) in [6.07, 6.45) is 1.37. The summed E-state index contributed by atoms with van der Waals surface area (Å²) in [4.78, 5) is 14.3. The van der Waals surface area contributed by atoms with E-state index in [2.05, 4.69) is 24.3 Å². The van der Waals surface area contributed by atoms with Gasteiger partial charge in [0.25, 0.3) is 0 Å². The van der Waals surface area contributed by atoms with Crippen LogP contribution in [0.1, 0.15) is 30.3 Å². The van der Waals surface area contributed by atoms with Gasteiger partial charge in [-0.25, -0.2) is 0 Å². The summed E-state index contributed by atoms with van der Waals surface area (Å²) in [6.45, 7) is 8.81. The number of amides is 1. The Labute approximate surface area is 115 Å². The second kappa shape index (κ2) is 5.74. The molecule has 5 heteroatoms. The van der Waals surface area contributed by atoms with Crippen LogP contribution in [0.2, 0.25) is 0 Å². The molecule has 106 valence electrons. The van der Waals surface area contributed by atoms with Crippen molar-refractivity contribution in [1.82, 2.24) is 20.0 Å². The lowest BCUT2D eigenvalue weighted by atomic mass is 10.1. The Balaban J connectivity index is 1.96. The lowest BCUT2D eigenvalue weighted by Gasteiger charge is -2.34. The Morgan fingerprint density at radius 3 is 2.79 bits per heavy atom. The first kappa shape index (κ1) is 14.1. The van der Waals surface area contributed by atoms with E-state index in [9.17, 15) is 4.79 Å². The van der Waals surface area contributed by atoms with Crippen LogP contribution in [0.25, 0.3) is 0 Å². The third kappa shape index (κ3) is 2.97.